The van der Waals surface area contributed by atoms with Gasteiger partial charge in [-0.25, -0.2) is 0 Å². The first-order valence-electron chi connectivity index (χ1n) is 20.9. The number of ether oxygens (including phenoxy) is 3. The molecular formula is C46H95N3O3. The third-order valence-electron chi connectivity index (χ3n) is 10.7. The van der Waals surface area contributed by atoms with Crippen molar-refractivity contribution in [3.63, 3.8) is 0 Å². The van der Waals surface area contributed by atoms with Gasteiger partial charge in [-0.2, -0.15) is 0 Å². The summed E-state index contributed by atoms with van der Waals surface area (Å²) in [6, 6.07) is 2.67. The van der Waals surface area contributed by atoms with Crippen molar-refractivity contribution in [3.8, 4) is 0 Å². The van der Waals surface area contributed by atoms with E-state index in [0.29, 0.717) is 35.9 Å². The van der Waals surface area contributed by atoms with E-state index >= 15 is 0 Å². The summed E-state index contributed by atoms with van der Waals surface area (Å²) in [7, 11) is 0. The zero-order chi connectivity index (χ0) is 39.8. The van der Waals surface area contributed by atoms with E-state index in [1.165, 1.54) is 51.4 Å². The van der Waals surface area contributed by atoms with Crippen LogP contribution in [0.4, 0.5) is 0 Å². The third kappa shape index (κ3) is 16.1. The van der Waals surface area contributed by atoms with Gasteiger partial charge in [0.25, 0.3) is 0 Å². The van der Waals surface area contributed by atoms with Gasteiger partial charge in [-0.1, -0.05) is 35.1 Å². The topological polar surface area (TPSA) is 55.0 Å². The molecule has 4 aliphatic rings. The van der Waals surface area contributed by atoms with Gasteiger partial charge in [0.1, 0.15) is 0 Å². The normalized spacial score (nSPS) is 30.9. The first kappa shape index (κ1) is 49.8. The molecule has 2 N–H and O–H groups in total. The minimum Gasteiger partial charge on any atom is -0.373 e. The van der Waals surface area contributed by atoms with E-state index in [-0.39, 0.29) is 46.1 Å². The molecule has 2 saturated heterocycles. The van der Waals surface area contributed by atoms with Gasteiger partial charge in [0, 0.05) is 51.6 Å². The van der Waals surface area contributed by atoms with Crippen LogP contribution < -0.4 is 10.6 Å². The van der Waals surface area contributed by atoms with Crippen molar-refractivity contribution in [1.29, 1.82) is 0 Å². The van der Waals surface area contributed by atoms with E-state index in [9.17, 15) is 0 Å². The Morgan fingerprint density at radius 3 is 1.17 bits per heavy atom. The van der Waals surface area contributed by atoms with Crippen LogP contribution in [0.25, 0.3) is 0 Å². The van der Waals surface area contributed by atoms with Crippen molar-refractivity contribution < 1.29 is 14.2 Å². The lowest BCUT2D eigenvalue weighted by atomic mass is 9.49. The molecule has 6 heteroatoms. The lowest BCUT2D eigenvalue weighted by Gasteiger charge is -2.66. The average molecular weight is 738 g/mol. The molecule has 0 aromatic rings. The molecule has 1 unspecified atom stereocenters. The molecule has 312 valence electrons. The maximum Gasteiger partial charge on any atom is 0.0714 e. The molecule has 0 radical (unpaired) electrons. The van der Waals surface area contributed by atoms with Gasteiger partial charge in [-0.05, 0) is 176 Å². The fourth-order valence-electron chi connectivity index (χ4n) is 9.84. The lowest BCUT2D eigenvalue weighted by Crippen LogP contribution is -2.75. The third-order valence-corrected chi connectivity index (χ3v) is 10.7. The predicted octanol–water partition coefficient (Wildman–Crippen LogP) is 11.7. The van der Waals surface area contributed by atoms with Crippen molar-refractivity contribution in [1.82, 2.24) is 15.5 Å². The molecule has 0 aromatic heterocycles. The minimum atomic E-state index is -0.0775. The van der Waals surface area contributed by atoms with Crippen LogP contribution in [0.1, 0.15) is 211 Å². The fraction of sp³-hybridized carbons (Fsp3) is 1.00. The summed E-state index contributed by atoms with van der Waals surface area (Å²) in [6.07, 6.45) is 11.3. The largest absolute Gasteiger partial charge is 0.373 e. The van der Waals surface area contributed by atoms with Crippen LogP contribution in [0.2, 0.25) is 0 Å². The Hall–Kier alpha value is -0.240. The molecule has 0 aromatic carbocycles. The summed E-state index contributed by atoms with van der Waals surface area (Å²) in [4.78, 5) is 2.75. The van der Waals surface area contributed by atoms with Crippen LogP contribution in [0.3, 0.4) is 0 Å². The van der Waals surface area contributed by atoms with Crippen molar-refractivity contribution in [3.05, 3.63) is 0 Å². The Bertz CT molecular complexity index is 967. The molecule has 2 aliphatic carbocycles. The van der Waals surface area contributed by atoms with Gasteiger partial charge in [0.15, 0.2) is 0 Å². The molecule has 52 heavy (non-hydrogen) atoms. The number of nitrogens with one attached hydrogen (secondary N) is 2. The van der Waals surface area contributed by atoms with Crippen LogP contribution in [-0.4, -0.2) is 80.8 Å². The maximum atomic E-state index is 6.31. The summed E-state index contributed by atoms with van der Waals surface area (Å²) < 4.78 is 18.5. The SMILES string of the molecule is C.CC(C)(C)NC1C(C)(C)C(OC(C)(C)C)C1(C)C.CC(C)(C)NC1CCC(OC(C)(C)C)CC1.CC(C)(C)OC1C[C@H]2CC[C@@H](C1)N2C(C)(C)C. The molecule has 0 amide bonds. The van der Waals surface area contributed by atoms with Crippen LogP contribution in [-0.2, 0) is 14.2 Å². The van der Waals surface area contributed by atoms with E-state index in [1.807, 2.05) is 0 Å². The highest BCUT2D eigenvalue weighted by atomic mass is 16.5. The fourth-order valence-corrected chi connectivity index (χ4v) is 9.84. The van der Waals surface area contributed by atoms with Crippen molar-refractivity contribution in [2.45, 2.75) is 287 Å². The highest BCUT2D eigenvalue weighted by molar-refractivity contribution is 5.16. The Balaban J connectivity index is 0.000000387. The molecule has 4 rings (SSSR count). The van der Waals surface area contributed by atoms with E-state index < -0.39 is 0 Å². The van der Waals surface area contributed by atoms with Gasteiger partial charge < -0.3 is 24.8 Å². The lowest BCUT2D eigenvalue weighted by molar-refractivity contribution is -0.251. The first-order valence-corrected chi connectivity index (χ1v) is 20.9. The minimum absolute atomic E-state index is 0. The second kappa shape index (κ2) is 17.5. The number of fused-ring (bicyclic) bond motifs is 2. The van der Waals surface area contributed by atoms with Gasteiger partial charge in [0.2, 0.25) is 0 Å². The van der Waals surface area contributed by atoms with E-state index in [0.717, 1.165) is 12.1 Å². The predicted molar refractivity (Wildman–Crippen MR) is 228 cm³/mol. The van der Waals surface area contributed by atoms with Crippen LogP contribution in [0.5, 0.6) is 0 Å². The molecule has 2 heterocycles. The molecule has 4 fully saturated rings. The molecule has 2 saturated carbocycles. The molecule has 0 spiro atoms. The van der Waals surface area contributed by atoms with Crippen LogP contribution in [0, 0.1) is 10.8 Å². The smallest absolute Gasteiger partial charge is 0.0714 e. The summed E-state index contributed by atoms with van der Waals surface area (Å²) >= 11 is 0. The monoisotopic (exact) mass is 738 g/mol. The van der Waals surface area contributed by atoms with E-state index in [2.05, 4.69) is 168 Å². The van der Waals surface area contributed by atoms with Crippen molar-refractivity contribution in [2.24, 2.45) is 10.8 Å². The number of hydrogen-bond donors (Lipinski definition) is 2. The van der Waals surface area contributed by atoms with Gasteiger partial charge in [0.05, 0.1) is 35.1 Å². The average Bonchev–Trinajstić information content (AvgIpc) is 3.16. The molecule has 6 nitrogen and oxygen atoms in total. The number of rotatable bonds is 5. The highest BCUT2D eigenvalue weighted by Gasteiger charge is 2.63. The Morgan fingerprint density at radius 1 is 0.481 bits per heavy atom. The summed E-state index contributed by atoms with van der Waals surface area (Å²) in [5, 5.41) is 7.46. The number of hydrogen-bond acceptors (Lipinski definition) is 6. The van der Waals surface area contributed by atoms with Crippen molar-refractivity contribution in [2.75, 3.05) is 0 Å². The maximum absolute atomic E-state index is 6.31. The molecule has 2 aliphatic heterocycles. The van der Waals surface area contributed by atoms with Gasteiger partial charge >= 0.3 is 0 Å². The van der Waals surface area contributed by atoms with Gasteiger partial charge in [-0.15, -0.1) is 0 Å². The quantitative estimate of drug-likeness (QED) is 0.293. The summed E-state index contributed by atoms with van der Waals surface area (Å²) in [6.45, 7) is 49.1. The Morgan fingerprint density at radius 2 is 0.846 bits per heavy atom. The van der Waals surface area contributed by atoms with Gasteiger partial charge in [-0.3, -0.25) is 4.90 Å². The zero-order valence-electron chi connectivity index (χ0n) is 38.4. The first-order chi connectivity index (χ1) is 22.5. The number of piperidine rings is 1. The Kier molecular flexibility index (Phi) is 16.7. The Labute approximate surface area is 326 Å². The molecular weight excluding hydrogens is 643 g/mol. The number of nitrogens with zero attached hydrogens (tertiary/aromatic N) is 1. The zero-order valence-corrected chi connectivity index (χ0v) is 38.4. The highest BCUT2D eigenvalue weighted by Crippen LogP contribution is 2.57. The van der Waals surface area contributed by atoms with Crippen molar-refractivity contribution >= 4 is 0 Å². The summed E-state index contributed by atoms with van der Waals surface area (Å²) in [5.74, 6) is 0. The summed E-state index contributed by atoms with van der Waals surface area (Å²) in [5.41, 5.74) is 0.982. The van der Waals surface area contributed by atoms with Crippen LogP contribution in [0.15, 0.2) is 0 Å². The second-order valence-electron chi connectivity index (χ2n) is 24.0. The van der Waals surface area contributed by atoms with E-state index in [4.69, 9.17) is 14.2 Å². The standard InChI is InChI=1S/C16H33NO.C15H29NO.C14H29NO.CH4/c1-13(2,3)17-11-15(7,8)12(16(11,9)10)18-14(4,5)6;1-14(2,3)16-11-7-8-12(16)10-13(9-11)17-15(4,5)6;1-13(2,3)15-11-7-9-12(10-8-11)16-14(4,5)6;/h11-12,17H,1-10H3;11-13H,7-10H2,1-6H3;11-12,15H,7-10H2,1-6H3;1H4/t;11-,12+,13?;;. The second-order valence-corrected chi connectivity index (χ2v) is 24.0. The molecule has 2 bridgehead atoms. The van der Waals surface area contributed by atoms with E-state index in [1.54, 1.807) is 0 Å². The molecule has 3 atom stereocenters. The van der Waals surface area contributed by atoms with Crippen LogP contribution >= 0.6 is 0 Å².